The first-order chi connectivity index (χ1) is 8.47. The number of methoxy groups -OCH3 is 1. The van der Waals surface area contributed by atoms with Crippen LogP contribution >= 0.6 is 11.8 Å². The number of hydrogen-bond acceptors (Lipinski definition) is 6. The molecule has 0 unspecified atom stereocenters. The number of aliphatic imine (C=N–C) groups is 1. The van der Waals surface area contributed by atoms with Gasteiger partial charge in [-0.25, -0.2) is 4.79 Å². The molecule has 0 amide bonds. The van der Waals surface area contributed by atoms with Crippen LogP contribution in [0.25, 0.3) is 0 Å². The molecule has 0 aliphatic carbocycles. The maximum Gasteiger partial charge on any atom is 0.345 e. The monoisotopic (exact) mass is 274 g/mol. The molecule has 2 N–H and O–H groups in total. The van der Waals surface area contributed by atoms with E-state index in [0.717, 1.165) is 0 Å². The second-order valence-corrected chi connectivity index (χ2v) is 3.96. The molecule has 0 spiro atoms. The number of amidine groups is 1. The molecule has 0 aromatic carbocycles. The minimum absolute atomic E-state index is 0.128. The fourth-order valence-electron chi connectivity index (χ4n) is 1.05. The summed E-state index contributed by atoms with van der Waals surface area (Å²) >= 11 is 1.22. The van der Waals surface area contributed by atoms with Crippen molar-refractivity contribution < 1.29 is 19.1 Å². The predicted molar refractivity (Wildman–Crippen MR) is 71.4 cm³/mol. The van der Waals surface area contributed by atoms with Crippen molar-refractivity contribution in [3.8, 4) is 0 Å². The third-order valence-electron chi connectivity index (χ3n) is 2.00. The number of esters is 1. The SMILES string of the molecule is CCOC(=O)/C(C(=O)C/N=C(/N)SC)=C(\C)OC. The zero-order valence-electron chi connectivity index (χ0n) is 11.0. The summed E-state index contributed by atoms with van der Waals surface area (Å²) in [6.45, 7) is 3.15. The van der Waals surface area contributed by atoms with Gasteiger partial charge in [0.15, 0.2) is 11.0 Å². The summed E-state index contributed by atoms with van der Waals surface area (Å²) in [6.07, 6.45) is 1.74. The third kappa shape index (κ3) is 5.22. The van der Waals surface area contributed by atoms with E-state index in [4.69, 9.17) is 15.2 Å². The molecule has 102 valence electrons. The van der Waals surface area contributed by atoms with E-state index in [0.29, 0.717) is 0 Å². The quantitative estimate of drug-likeness (QED) is 0.146. The lowest BCUT2D eigenvalue weighted by Crippen LogP contribution is -2.21. The van der Waals surface area contributed by atoms with Crippen molar-refractivity contribution in [1.82, 2.24) is 0 Å². The van der Waals surface area contributed by atoms with Gasteiger partial charge in [-0.1, -0.05) is 11.8 Å². The van der Waals surface area contributed by atoms with Crippen molar-refractivity contribution in [1.29, 1.82) is 0 Å². The highest BCUT2D eigenvalue weighted by Crippen LogP contribution is 2.09. The van der Waals surface area contributed by atoms with E-state index >= 15 is 0 Å². The van der Waals surface area contributed by atoms with Gasteiger partial charge >= 0.3 is 5.97 Å². The number of thioether (sulfide) groups is 1. The third-order valence-corrected chi connectivity index (χ3v) is 2.55. The smallest absolute Gasteiger partial charge is 0.345 e. The lowest BCUT2D eigenvalue weighted by molar-refractivity contribution is -0.140. The lowest BCUT2D eigenvalue weighted by Gasteiger charge is -2.08. The molecule has 0 aliphatic rings. The van der Waals surface area contributed by atoms with Gasteiger partial charge in [-0.2, -0.15) is 0 Å². The molecule has 6 nitrogen and oxygen atoms in total. The molecule has 0 aromatic rings. The van der Waals surface area contributed by atoms with Crippen molar-refractivity contribution in [3.63, 3.8) is 0 Å². The number of hydrogen-bond donors (Lipinski definition) is 1. The lowest BCUT2D eigenvalue weighted by atomic mass is 10.1. The number of allylic oxidation sites excluding steroid dienone is 1. The number of Topliss-reactive ketones (excluding diaryl/α,β-unsaturated/α-hetero) is 1. The summed E-state index contributed by atoms with van der Waals surface area (Å²) < 4.78 is 9.71. The van der Waals surface area contributed by atoms with Crippen LogP contribution in [-0.2, 0) is 19.1 Å². The van der Waals surface area contributed by atoms with Gasteiger partial charge in [-0.3, -0.25) is 9.79 Å². The maximum atomic E-state index is 11.9. The van der Waals surface area contributed by atoms with Crippen LogP contribution < -0.4 is 5.73 Å². The largest absolute Gasteiger partial charge is 0.500 e. The van der Waals surface area contributed by atoms with Crippen molar-refractivity contribution in [2.45, 2.75) is 13.8 Å². The molecule has 0 aliphatic heterocycles. The maximum absolute atomic E-state index is 11.9. The topological polar surface area (TPSA) is 91.0 Å². The molecule has 0 saturated heterocycles. The molecule has 7 heteroatoms. The zero-order chi connectivity index (χ0) is 14.1. The molecule has 18 heavy (non-hydrogen) atoms. The summed E-state index contributed by atoms with van der Waals surface area (Å²) in [7, 11) is 1.38. The first-order valence-electron chi connectivity index (χ1n) is 5.26. The van der Waals surface area contributed by atoms with Crippen molar-refractivity contribution >= 4 is 28.7 Å². The number of rotatable bonds is 6. The molecular formula is C11H18N2O4S. The number of nitrogens with two attached hydrogens (primary N) is 1. The Bertz CT molecular complexity index is 377. The van der Waals surface area contributed by atoms with Gasteiger partial charge in [0.25, 0.3) is 0 Å². The van der Waals surface area contributed by atoms with E-state index in [-0.39, 0.29) is 29.7 Å². The van der Waals surface area contributed by atoms with Crippen LogP contribution in [0.2, 0.25) is 0 Å². The minimum Gasteiger partial charge on any atom is -0.500 e. The standard InChI is InChI=1S/C11H18N2O4S/c1-5-17-10(15)9(7(2)16-3)8(14)6-13-11(12)18-4/h5-6H2,1-4H3,(H2,12,13)/b9-7+. The van der Waals surface area contributed by atoms with Crippen molar-refractivity contribution in [2.75, 3.05) is 26.5 Å². The average molecular weight is 274 g/mol. The van der Waals surface area contributed by atoms with Crippen LogP contribution in [0.5, 0.6) is 0 Å². The summed E-state index contributed by atoms with van der Waals surface area (Å²) in [5.41, 5.74) is 5.33. The Labute approximate surface area is 111 Å². The highest BCUT2D eigenvalue weighted by Gasteiger charge is 2.23. The Balaban J connectivity index is 5.01. The Morgan fingerprint density at radius 1 is 1.39 bits per heavy atom. The molecule has 0 bridgehead atoms. The second kappa shape index (κ2) is 8.57. The molecule has 0 fully saturated rings. The fraction of sp³-hybridized carbons (Fsp3) is 0.545. The van der Waals surface area contributed by atoms with Gasteiger partial charge in [0.2, 0.25) is 0 Å². The zero-order valence-corrected chi connectivity index (χ0v) is 11.8. The van der Waals surface area contributed by atoms with Gasteiger partial charge in [0.1, 0.15) is 17.9 Å². The van der Waals surface area contributed by atoms with Gasteiger partial charge in [-0.15, -0.1) is 0 Å². The number of carbonyl (C=O) groups is 2. The Kier molecular flexibility index (Phi) is 7.86. The molecule has 0 atom stereocenters. The summed E-state index contributed by atoms with van der Waals surface area (Å²) in [5.74, 6) is -0.985. The molecule has 0 heterocycles. The molecule has 0 rings (SSSR count). The molecule has 0 aromatic heterocycles. The van der Waals surface area contributed by atoms with Crippen molar-refractivity contribution in [2.24, 2.45) is 10.7 Å². The Morgan fingerprint density at radius 3 is 2.44 bits per heavy atom. The highest BCUT2D eigenvalue weighted by atomic mass is 32.2. The number of carbonyl (C=O) groups excluding carboxylic acids is 2. The molecule has 0 saturated carbocycles. The minimum atomic E-state index is -0.709. The van der Waals surface area contributed by atoms with Gasteiger partial charge in [-0.05, 0) is 20.1 Å². The van der Waals surface area contributed by atoms with E-state index in [1.54, 1.807) is 13.2 Å². The number of nitrogens with zero attached hydrogens (tertiary/aromatic N) is 1. The normalized spacial score (nSPS) is 12.8. The van der Waals surface area contributed by atoms with E-state index in [9.17, 15) is 9.59 Å². The molecular weight excluding hydrogens is 256 g/mol. The fourth-order valence-corrected chi connectivity index (χ4v) is 1.25. The van der Waals surface area contributed by atoms with Crippen LogP contribution in [0, 0.1) is 0 Å². The van der Waals surface area contributed by atoms with E-state index in [2.05, 4.69) is 4.99 Å². The first-order valence-corrected chi connectivity index (χ1v) is 6.49. The highest BCUT2D eigenvalue weighted by molar-refractivity contribution is 8.13. The van der Waals surface area contributed by atoms with Gasteiger partial charge in [0, 0.05) is 0 Å². The van der Waals surface area contributed by atoms with Crippen LogP contribution in [0.3, 0.4) is 0 Å². The van der Waals surface area contributed by atoms with Crippen LogP contribution in [0.1, 0.15) is 13.8 Å². The summed E-state index contributed by atoms with van der Waals surface area (Å²) in [5, 5.41) is 0.279. The van der Waals surface area contributed by atoms with E-state index in [1.807, 2.05) is 0 Å². The Morgan fingerprint density at radius 2 is 2.00 bits per heavy atom. The first kappa shape index (κ1) is 16.5. The summed E-state index contributed by atoms with van der Waals surface area (Å²) in [4.78, 5) is 27.3. The predicted octanol–water partition coefficient (Wildman–Crippen LogP) is 0.717. The van der Waals surface area contributed by atoms with Gasteiger partial charge < -0.3 is 15.2 Å². The second-order valence-electron chi connectivity index (χ2n) is 3.14. The van der Waals surface area contributed by atoms with E-state index < -0.39 is 11.8 Å². The molecule has 0 radical (unpaired) electrons. The number of ketones is 1. The van der Waals surface area contributed by atoms with Crippen LogP contribution in [0.15, 0.2) is 16.3 Å². The number of ether oxygens (including phenoxy) is 2. The Hall–Kier alpha value is -1.50. The summed E-state index contributed by atoms with van der Waals surface area (Å²) in [6, 6.07) is 0. The van der Waals surface area contributed by atoms with Crippen molar-refractivity contribution in [3.05, 3.63) is 11.3 Å². The average Bonchev–Trinajstić information content (AvgIpc) is 2.36. The van der Waals surface area contributed by atoms with Gasteiger partial charge in [0.05, 0.1) is 13.7 Å². The van der Waals surface area contributed by atoms with Crippen LogP contribution in [0.4, 0.5) is 0 Å². The van der Waals surface area contributed by atoms with Crippen LogP contribution in [-0.4, -0.2) is 43.4 Å². The van der Waals surface area contributed by atoms with E-state index in [1.165, 1.54) is 25.8 Å².